The van der Waals surface area contributed by atoms with Crippen LogP contribution in [0.5, 0.6) is 0 Å². The Morgan fingerprint density at radius 2 is 0.622 bits per heavy atom. The molecule has 2 fully saturated rings. The second kappa shape index (κ2) is 26.9. The summed E-state index contributed by atoms with van der Waals surface area (Å²) in [5.41, 5.74) is -1.11. The van der Waals surface area contributed by atoms with Crippen LogP contribution in [0.3, 0.4) is 0 Å². The molecular formula is C57H62F3NO12S. The first kappa shape index (κ1) is 54.9. The predicted molar refractivity (Wildman–Crippen MR) is 268 cm³/mol. The average Bonchev–Trinajstić information content (AvgIpc) is 3.43. The molecule has 0 aliphatic carbocycles. The van der Waals surface area contributed by atoms with E-state index in [1.165, 1.54) is 14.2 Å². The number of rotatable bonds is 25. The molecule has 17 heteroatoms. The summed E-state index contributed by atoms with van der Waals surface area (Å²) in [7, 11) is -3.46. The van der Waals surface area contributed by atoms with Gasteiger partial charge in [-0.25, -0.2) is 8.42 Å². The summed E-state index contributed by atoms with van der Waals surface area (Å²) >= 11 is 0. The molecule has 0 N–H and O–H groups in total. The third kappa shape index (κ3) is 14.7. The molecule has 74 heavy (non-hydrogen) atoms. The third-order valence-electron chi connectivity index (χ3n) is 12.8. The molecule has 2 saturated heterocycles. The lowest BCUT2D eigenvalue weighted by Gasteiger charge is -2.48. The minimum absolute atomic E-state index is 0.0300. The van der Waals surface area contributed by atoms with E-state index in [9.17, 15) is 8.42 Å². The zero-order chi connectivity index (χ0) is 51.8. The maximum atomic E-state index is 15.3. The van der Waals surface area contributed by atoms with Crippen LogP contribution in [0.15, 0.2) is 182 Å². The molecule has 0 spiro atoms. The van der Waals surface area contributed by atoms with Crippen molar-refractivity contribution < 1.29 is 69.0 Å². The maximum absolute atomic E-state index is 15.3. The number of hydrogen-bond acceptors (Lipinski definition) is 12. The quantitative estimate of drug-likeness (QED) is 0.0542. The van der Waals surface area contributed by atoms with E-state index in [0.717, 1.165) is 33.4 Å². The number of alkyl halides is 3. The third-order valence-corrected chi connectivity index (χ3v) is 14.3. The molecule has 6 aromatic rings. The summed E-state index contributed by atoms with van der Waals surface area (Å²) in [6.07, 6.45) is -12.2. The van der Waals surface area contributed by atoms with Gasteiger partial charge in [-0.2, -0.15) is 17.5 Å². The lowest BCUT2D eigenvalue weighted by molar-refractivity contribution is -0.323. The van der Waals surface area contributed by atoms with Gasteiger partial charge in [0.2, 0.25) is 0 Å². The molecule has 0 bridgehead atoms. The Morgan fingerprint density at radius 3 is 0.851 bits per heavy atom. The summed E-state index contributed by atoms with van der Waals surface area (Å²) in [5.74, 6) is 0. The molecule has 0 radical (unpaired) electrons. The number of nitrogens with zero attached hydrogens (tertiary/aromatic N) is 1. The van der Waals surface area contributed by atoms with Crippen LogP contribution in [0.4, 0.5) is 13.2 Å². The van der Waals surface area contributed by atoms with E-state index in [1.54, 1.807) is 0 Å². The first-order chi connectivity index (χ1) is 36.0. The van der Waals surface area contributed by atoms with Gasteiger partial charge < -0.3 is 47.4 Å². The number of methoxy groups -OCH3 is 2. The van der Waals surface area contributed by atoms with Crippen LogP contribution < -0.4 is 0 Å². The van der Waals surface area contributed by atoms with Crippen molar-refractivity contribution in [3.63, 3.8) is 0 Å². The molecule has 0 unspecified atom stereocenters. The Morgan fingerprint density at radius 1 is 0.392 bits per heavy atom. The topological polar surface area (TPSA) is 130 Å². The molecule has 2 heterocycles. The van der Waals surface area contributed by atoms with E-state index in [1.807, 2.05) is 182 Å². The van der Waals surface area contributed by atoms with Crippen LogP contribution in [-0.4, -0.2) is 107 Å². The van der Waals surface area contributed by atoms with E-state index in [4.69, 9.17) is 47.4 Å². The van der Waals surface area contributed by atoms with E-state index in [-0.39, 0.29) is 39.6 Å². The van der Waals surface area contributed by atoms with Crippen molar-refractivity contribution in [1.29, 1.82) is 0 Å². The van der Waals surface area contributed by atoms with Gasteiger partial charge in [0, 0.05) is 27.3 Å². The van der Waals surface area contributed by atoms with Crippen molar-refractivity contribution in [2.75, 3.05) is 27.3 Å². The summed E-state index contributed by atoms with van der Waals surface area (Å²) in [6.45, 7) is -1.70. The number of sulfonamides is 1. The highest BCUT2D eigenvalue weighted by Crippen LogP contribution is 2.37. The minimum Gasteiger partial charge on any atom is -0.368 e. The van der Waals surface area contributed by atoms with Gasteiger partial charge in [0.15, 0.2) is 12.6 Å². The van der Waals surface area contributed by atoms with Crippen molar-refractivity contribution in [3.8, 4) is 0 Å². The summed E-state index contributed by atoms with van der Waals surface area (Å²) < 4.78 is 139. The number of ether oxygens (including phenoxy) is 10. The first-order valence-corrected chi connectivity index (χ1v) is 25.8. The van der Waals surface area contributed by atoms with Gasteiger partial charge in [0.25, 0.3) is 0 Å². The first-order valence-electron chi connectivity index (χ1n) is 24.4. The fraction of sp³-hybridized carbons (Fsp3) is 0.368. The molecule has 2 aliphatic heterocycles. The largest absolute Gasteiger partial charge is 0.511 e. The van der Waals surface area contributed by atoms with Gasteiger partial charge in [-0.05, 0) is 33.4 Å². The summed E-state index contributed by atoms with van der Waals surface area (Å²) in [4.78, 5) is 0. The zero-order valence-corrected chi connectivity index (χ0v) is 42.0. The van der Waals surface area contributed by atoms with Crippen LogP contribution >= 0.6 is 0 Å². The molecule has 10 atom stereocenters. The van der Waals surface area contributed by atoms with E-state index in [2.05, 4.69) is 0 Å². The Kier molecular flexibility index (Phi) is 19.9. The van der Waals surface area contributed by atoms with Gasteiger partial charge in [-0.15, -0.1) is 0 Å². The smallest absolute Gasteiger partial charge is 0.368 e. The molecule has 394 valence electrons. The molecule has 0 aromatic heterocycles. The molecule has 2 aliphatic rings. The van der Waals surface area contributed by atoms with Crippen molar-refractivity contribution in [1.82, 2.24) is 4.31 Å². The summed E-state index contributed by atoms with van der Waals surface area (Å²) in [5, 5.41) is 0. The van der Waals surface area contributed by atoms with Crippen LogP contribution in [0.25, 0.3) is 0 Å². The fourth-order valence-corrected chi connectivity index (χ4v) is 9.96. The standard InChI is InChI=1S/C57H62F3NO12S/c1-64-55-53(70-39-45-29-17-7-18-30-45)51(68-37-43-25-13-5-14-26-43)49(66-35-41-21-9-3-10-22-41)47(72-55)33-61(74(62,63)57(58,59)60)34-48-50(67-36-42-23-11-4-12-24-42)52(69-38-44-27-15-6-16-28-44)54(56(65-2)73-48)71-40-46-31-19-8-20-32-46/h3-32,47-56H,33-40H2,1-2H3/t47-,48-,49-,50-,51+,52+,53-,54-,55+,56+/m1/s1. The number of benzene rings is 6. The Hall–Kier alpha value is -5.38. The van der Waals surface area contributed by atoms with Gasteiger partial charge in [-0.1, -0.05) is 182 Å². The van der Waals surface area contributed by atoms with Gasteiger partial charge in [0.05, 0.1) is 39.6 Å². The van der Waals surface area contributed by atoms with E-state index in [0.29, 0.717) is 4.31 Å². The van der Waals surface area contributed by atoms with Crippen LogP contribution in [0.1, 0.15) is 33.4 Å². The van der Waals surface area contributed by atoms with Crippen molar-refractivity contribution >= 4 is 10.0 Å². The fourth-order valence-electron chi connectivity index (χ4n) is 8.98. The second-order valence-electron chi connectivity index (χ2n) is 17.9. The molecule has 13 nitrogen and oxygen atoms in total. The Balaban J connectivity index is 1.18. The predicted octanol–water partition coefficient (Wildman–Crippen LogP) is 9.39. The maximum Gasteiger partial charge on any atom is 0.511 e. The number of hydrogen-bond donors (Lipinski definition) is 0. The highest BCUT2D eigenvalue weighted by Gasteiger charge is 2.57. The van der Waals surface area contributed by atoms with Gasteiger partial charge in [0.1, 0.15) is 48.8 Å². The van der Waals surface area contributed by atoms with Crippen molar-refractivity contribution in [2.45, 2.75) is 107 Å². The molecule has 8 rings (SSSR count). The number of halogens is 3. The van der Waals surface area contributed by atoms with Crippen molar-refractivity contribution in [2.24, 2.45) is 0 Å². The van der Waals surface area contributed by atoms with Gasteiger partial charge in [-0.3, -0.25) is 0 Å². The minimum atomic E-state index is -6.20. The van der Waals surface area contributed by atoms with Gasteiger partial charge >= 0.3 is 15.5 Å². The molecular weight excluding hydrogens is 980 g/mol. The lowest BCUT2D eigenvalue weighted by Crippen LogP contribution is -2.65. The van der Waals surface area contributed by atoms with Crippen molar-refractivity contribution in [3.05, 3.63) is 215 Å². The average molecular weight is 1040 g/mol. The second-order valence-corrected chi connectivity index (χ2v) is 19.8. The van der Waals surface area contributed by atoms with E-state index >= 15 is 13.2 Å². The molecule has 6 aromatic carbocycles. The normalized spacial score (nSPS) is 24.5. The van der Waals surface area contributed by atoms with Crippen LogP contribution in [0.2, 0.25) is 0 Å². The Bertz CT molecular complexity index is 2490. The Labute approximate surface area is 431 Å². The monoisotopic (exact) mass is 1040 g/mol. The highest BCUT2D eigenvalue weighted by atomic mass is 32.2. The van der Waals surface area contributed by atoms with Crippen LogP contribution in [-0.2, 0) is 97.0 Å². The lowest BCUT2D eigenvalue weighted by atomic mass is 9.96. The SMILES string of the molecule is CO[C@H]1O[C@H](CN(C[C@H]2O[C@H](OC)[C@H](OCc3ccccc3)[C@@H](OCc3ccccc3)[C@@H]2OCc2ccccc2)S(=O)(=O)C(F)(F)F)[C@@H](OCc2ccccc2)[C@H](OCc2ccccc2)[C@H]1OCc1ccccc1. The highest BCUT2D eigenvalue weighted by molar-refractivity contribution is 7.90. The summed E-state index contributed by atoms with van der Waals surface area (Å²) in [6, 6.07) is 55.6. The molecule has 0 amide bonds. The zero-order valence-electron chi connectivity index (χ0n) is 41.1. The molecule has 0 saturated carbocycles. The van der Waals surface area contributed by atoms with Crippen LogP contribution in [0, 0.1) is 0 Å². The van der Waals surface area contributed by atoms with E-state index < -0.39 is 90.0 Å².